The average Bonchev–Trinajstić information content (AvgIpc) is 2.86. The van der Waals surface area contributed by atoms with E-state index in [0.717, 1.165) is 4.31 Å². The highest BCUT2D eigenvalue weighted by molar-refractivity contribution is 7.92. The maximum Gasteiger partial charge on any atom is 0.264 e. The number of rotatable bonds is 10. The molecule has 38 heavy (non-hydrogen) atoms. The molecule has 0 unspecified atom stereocenters. The van der Waals surface area contributed by atoms with Crippen molar-refractivity contribution in [3.05, 3.63) is 94.8 Å². The molecule has 0 aliphatic heterocycles. The first-order valence-corrected chi connectivity index (χ1v) is 13.9. The molecule has 0 saturated carbocycles. The van der Waals surface area contributed by atoms with Gasteiger partial charge in [-0.3, -0.25) is 13.9 Å². The van der Waals surface area contributed by atoms with Crippen LogP contribution in [0.15, 0.2) is 77.7 Å². The van der Waals surface area contributed by atoms with Gasteiger partial charge in [-0.15, -0.1) is 0 Å². The predicted molar refractivity (Wildman–Crippen MR) is 147 cm³/mol. The van der Waals surface area contributed by atoms with Crippen LogP contribution in [0, 0.1) is 12.7 Å². The predicted octanol–water partition coefficient (Wildman–Crippen LogP) is 4.92. The standard InChI is InChI=1S/C28H31ClFN3O4S/c1-19(2)31-28(35)21(4)32(17-22-9-13-24(30)14-10-22)27(34)18-33(26-8-6-5-7-20(26)3)38(36,37)25-15-11-23(29)12-16-25/h5-16,19,21H,17-18H2,1-4H3,(H,31,35)/t21-/m0/s1. The summed E-state index contributed by atoms with van der Waals surface area (Å²) >= 11 is 5.97. The third kappa shape index (κ3) is 7.11. The van der Waals surface area contributed by atoms with E-state index in [-0.39, 0.29) is 17.5 Å². The minimum absolute atomic E-state index is 0.0194. The Bertz CT molecular complexity index is 1380. The number of benzene rings is 3. The van der Waals surface area contributed by atoms with Crippen LogP contribution < -0.4 is 9.62 Å². The molecule has 10 heteroatoms. The molecule has 0 fully saturated rings. The van der Waals surface area contributed by atoms with Gasteiger partial charge in [0.2, 0.25) is 11.8 Å². The second-order valence-corrected chi connectivity index (χ2v) is 11.5. The van der Waals surface area contributed by atoms with Crippen LogP contribution in [-0.4, -0.2) is 43.8 Å². The molecule has 0 aliphatic rings. The van der Waals surface area contributed by atoms with Crippen LogP contribution in [0.5, 0.6) is 0 Å². The van der Waals surface area contributed by atoms with E-state index in [4.69, 9.17) is 11.6 Å². The van der Waals surface area contributed by atoms with Crippen molar-refractivity contribution in [3.8, 4) is 0 Å². The molecule has 1 N–H and O–H groups in total. The number of carbonyl (C=O) groups is 2. The molecule has 202 valence electrons. The lowest BCUT2D eigenvalue weighted by atomic mass is 10.1. The minimum atomic E-state index is -4.19. The molecule has 7 nitrogen and oxygen atoms in total. The summed E-state index contributed by atoms with van der Waals surface area (Å²) in [5, 5.41) is 3.16. The lowest BCUT2D eigenvalue weighted by Crippen LogP contribution is -2.52. The Morgan fingerprint density at radius 1 is 0.947 bits per heavy atom. The van der Waals surface area contributed by atoms with Crippen LogP contribution in [-0.2, 0) is 26.2 Å². The summed E-state index contributed by atoms with van der Waals surface area (Å²) in [6.07, 6.45) is 0. The first-order valence-electron chi connectivity index (χ1n) is 12.1. The van der Waals surface area contributed by atoms with Crippen LogP contribution in [0.3, 0.4) is 0 Å². The Morgan fingerprint density at radius 3 is 2.13 bits per heavy atom. The summed E-state index contributed by atoms with van der Waals surface area (Å²) in [6, 6.07) is 17.0. The number of para-hydroxylation sites is 1. The SMILES string of the molecule is Cc1ccccc1N(CC(=O)N(Cc1ccc(F)cc1)[C@@H](C)C(=O)NC(C)C)S(=O)(=O)c1ccc(Cl)cc1. The molecule has 3 aromatic rings. The van der Waals surface area contributed by atoms with Crippen molar-refractivity contribution in [1.82, 2.24) is 10.2 Å². The van der Waals surface area contributed by atoms with Crippen molar-refractivity contribution in [2.24, 2.45) is 0 Å². The van der Waals surface area contributed by atoms with Gasteiger partial charge in [-0.2, -0.15) is 0 Å². The molecular formula is C28H31ClFN3O4S. The monoisotopic (exact) mass is 559 g/mol. The van der Waals surface area contributed by atoms with Crippen LogP contribution >= 0.6 is 11.6 Å². The number of carbonyl (C=O) groups excluding carboxylic acids is 2. The van der Waals surface area contributed by atoms with Gasteiger partial charge in [0.15, 0.2) is 0 Å². The zero-order chi connectivity index (χ0) is 28.0. The van der Waals surface area contributed by atoms with E-state index >= 15 is 0 Å². The second-order valence-electron chi connectivity index (χ2n) is 9.24. The zero-order valence-corrected chi connectivity index (χ0v) is 23.3. The molecule has 2 amide bonds. The zero-order valence-electron chi connectivity index (χ0n) is 21.7. The van der Waals surface area contributed by atoms with Crippen molar-refractivity contribution in [2.45, 2.75) is 51.2 Å². The molecular weight excluding hydrogens is 529 g/mol. The number of nitrogens with zero attached hydrogens (tertiary/aromatic N) is 2. The maximum atomic E-state index is 13.8. The molecule has 0 aromatic heterocycles. The number of halogens is 2. The summed E-state index contributed by atoms with van der Waals surface area (Å²) in [5.41, 5.74) is 1.57. The number of sulfonamides is 1. The first kappa shape index (κ1) is 29.1. The molecule has 0 radical (unpaired) electrons. The Labute approximate surface area is 228 Å². The second kappa shape index (κ2) is 12.4. The third-order valence-corrected chi connectivity index (χ3v) is 7.95. The molecule has 0 saturated heterocycles. The minimum Gasteiger partial charge on any atom is -0.352 e. The largest absolute Gasteiger partial charge is 0.352 e. The van der Waals surface area contributed by atoms with Gasteiger partial charge in [-0.05, 0) is 81.3 Å². The molecule has 0 spiro atoms. The van der Waals surface area contributed by atoms with Gasteiger partial charge >= 0.3 is 0 Å². The van der Waals surface area contributed by atoms with Crippen molar-refractivity contribution in [1.29, 1.82) is 0 Å². The highest BCUT2D eigenvalue weighted by atomic mass is 35.5. The van der Waals surface area contributed by atoms with Gasteiger partial charge < -0.3 is 10.2 Å². The highest BCUT2D eigenvalue weighted by Crippen LogP contribution is 2.28. The van der Waals surface area contributed by atoms with Gasteiger partial charge in [0.25, 0.3) is 10.0 Å². The normalized spacial score (nSPS) is 12.2. The maximum absolute atomic E-state index is 13.8. The summed E-state index contributed by atoms with van der Waals surface area (Å²) in [5.74, 6) is -1.42. The van der Waals surface area contributed by atoms with E-state index in [2.05, 4.69) is 5.32 Å². The number of hydrogen-bond donors (Lipinski definition) is 1. The Morgan fingerprint density at radius 2 is 1.55 bits per heavy atom. The van der Waals surface area contributed by atoms with Crippen LogP contribution in [0.25, 0.3) is 0 Å². The Hall–Kier alpha value is -3.43. The number of aryl methyl sites for hydroxylation is 1. The van der Waals surface area contributed by atoms with E-state index in [1.54, 1.807) is 52.0 Å². The molecule has 0 aliphatic carbocycles. The molecule has 0 bridgehead atoms. The number of amides is 2. The molecule has 3 rings (SSSR count). The first-order chi connectivity index (χ1) is 17.9. The number of nitrogens with one attached hydrogen (secondary N) is 1. The Kier molecular flexibility index (Phi) is 9.51. The van der Waals surface area contributed by atoms with Crippen LogP contribution in [0.4, 0.5) is 10.1 Å². The fourth-order valence-corrected chi connectivity index (χ4v) is 5.47. The van der Waals surface area contributed by atoms with Crippen molar-refractivity contribution < 1.29 is 22.4 Å². The third-order valence-electron chi connectivity index (χ3n) is 5.93. The van der Waals surface area contributed by atoms with Gasteiger partial charge in [0.05, 0.1) is 10.6 Å². The summed E-state index contributed by atoms with van der Waals surface area (Å²) < 4.78 is 42.1. The van der Waals surface area contributed by atoms with Gasteiger partial charge in [-0.1, -0.05) is 41.9 Å². The number of anilines is 1. The fraction of sp³-hybridized carbons (Fsp3) is 0.286. The van der Waals surface area contributed by atoms with E-state index in [1.807, 2.05) is 0 Å². The molecule has 1 atom stereocenters. The molecule has 3 aromatic carbocycles. The van der Waals surface area contributed by atoms with E-state index in [0.29, 0.717) is 21.8 Å². The van der Waals surface area contributed by atoms with Crippen LogP contribution in [0.2, 0.25) is 5.02 Å². The van der Waals surface area contributed by atoms with Crippen molar-refractivity contribution >= 4 is 39.1 Å². The van der Waals surface area contributed by atoms with Gasteiger partial charge in [-0.25, -0.2) is 12.8 Å². The summed E-state index contributed by atoms with van der Waals surface area (Å²) in [4.78, 5) is 28.0. The summed E-state index contributed by atoms with van der Waals surface area (Å²) in [6.45, 7) is 6.35. The lowest BCUT2D eigenvalue weighted by molar-refractivity contribution is -0.139. The fourth-order valence-electron chi connectivity index (χ4n) is 3.86. The van der Waals surface area contributed by atoms with E-state index < -0.39 is 40.2 Å². The van der Waals surface area contributed by atoms with Crippen molar-refractivity contribution in [2.75, 3.05) is 10.8 Å². The van der Waals surface area contributed by atoms with E-state index in [1.165, 1.54) is 53.4 Å². The van der Waals surface area contributed by atoms with Crippen LogP contribution in [0.1, 0.15) is 31.9 Å². The summed E-state index contributed by atoms with van der Waals surface area (Å²) in [7, 11) is -4.19. The molecule has 0 heterocycles. The van der Waals surface area contributed by atoms with Gasteiger partial charge in [0, 0.05) is 17.6 Å². The highest BCUT2D eigenvalue weighted by Gasteiger charge is 2.33. The Balaban J connectivity index is 2.04. The van der Waals surface area contributed by atoms with Crippen molar-refractivity contribution in [3.63, 3.8) is 0 Å². The number of hydrogen-bond acceptors (Lipinski definition) is 4. The smallest absolute Gasteiger partial charge is 0.264 e. The quantitative estimate of drug-likeness (QED) is 0.382. The average molecular weight is 560 g/mol. The van der Waals surface area contributed by atoms with E-state index in [9.17, 15) is 22.4 Å². The lowest BCUT2D eigenvalue weighted by Gasteiger charge is -2.32. The van der Waals surface area contributed by atoms with Gasteiger partial charge in [0.1, 0.15) is 18.4 Å². The topological polar surface area (TPSA) is 86.8 Å².